The summed E-state index contributed by atoms with van der Waals surface area (Å²) in [5.41, 5.74) is 3.75. The number of fused-ring (bicyclic) bond motifs is 3. The molecular formula is C21H17NOS. The minimum atomic E-state index is 0.447. The number of hydrogen-bond acceptors (Lipinski definition) is 2. The minimum Gasteiger partial charge on any atom is -0.440 e. The van der Waals surface area contributed by atoms with Gasteiger partial charge in [0.25, 0.3) is 0 Å². The van der Waals surface area contributed by atoms with Crippen LogP contribution in [0.25, 0.3) is 17.2 Å². The third-order valence-corrected chi connectivity index (χ3v) is 5.78. The molecule has 24 heavy (non-hydrogen) atoms. The molecule has 2 nitrogen and oxygen atoms in total. The largest absolute Gasteiger partial charge is 0.440 e. The molecule has 0 N–H and O–H groups in total. The average Bonchev–Trinajstić information content (AvgIpc) is 3.36. The van der Waals surface area contributed by atoms with Crippen LogP contribution in [0.1, 0.15) is 28.5 Å². The first-order valence-electron chi connectivity index (χ1n) is 8.29. The highest BCUT2D eigenvalue weighted by Gasteiger charge is 2.26. The Hall–Kier alpha value is -2.52. The maximum Gasteiger partial charge on any atom is 0.207 e. The van der Waals surface area contributed by atoms with Gasteiger partial charge in [-0.05, 0) is 42.5 Å². The molecule has 0 radical (unpaired) electrons. The molecule has 118 valence electrons. The number of furan rings is 1. The highest BCUT2D eigenvalue weighted by molar-refractivity contribution is 7.10. The maximum absolute atomic E-state index is 6.29. The predicted octanol–water partition coefficient (Wildman–Crippen LogP) is 5.88. The zero-order valence-corrected chi connectivity index (χ0v) is 14.0. The number of aromatic nitrogens is 1. The van der Waals surface area contributed by atoms with Crippen molar-refractivity contribution in [2.45, 2.75) is 18.8 Å². The van der Waals surface area contributed by atoms with Gasteiger partial charge in [0.1, 0.15) is 5.76 Å². The summed E-state index contributed by atoms with van der Waals surface area (Å²) in [5.74, 6) is 2.38. The molecule has 1 atom stereocenters. The van der Waals surface area contributed by atoms with Crippen LogP contribution in [-0.2, 0) is 6.42 Å². The lowest BCUT2D eigenvalue weighted by Gasteiger charge is -2.14. The van der Waals surface area contributed by atoms with Gasteiger partial charge in [-0.2, -0.15) is 0 Å². The first-order chi connectivity index (χ1) is 11.9. The number of hydrogen-bond donors (Lipinski definition) is 0. The fraction of sp³-hybridized carbons (Fsp3) is 0.143. The van der Waals surface area contributed by atoms with E-state index in [9.17, 15) is 0 Å². The first-order valence-corrected chi connectivity index (χ1v) is 9.17. The van der Waals surface area contributed by atoms with E-state index in [1.165, 1.54) is 16.1 Å². The molecule has 1 unspecified atom stereocenters. The van der Waals surface area contributed by atoms with E-state index in [4.69, 9.17) is 4.42 Å². The zero-order chi connectivity index (χ0) is 15.9. The predicted molar refractivity (Wildman–Crippen MR) is 98.0 cm³/mol. The fourth-order valence-corrected chi connectivity index (χ4v) is 4.51. The van der Waals surface area contributed by atoms with E-state index < -0.39 is 0 Å². The van der Waals surface area contributed by atoms with E-state index >= 15 is 0 Å². The van der Waals surface area contributed by atoms with Gasteiger partial charge in [-0.15, -0.1) is 11.3 Å². The van der Waals surface area contributed by atoms with E-state index in [1.54, 1.807) is 0 Å². The zero-order valence-electron chi connectivity index (χ0n) is 13.2. The Kier molecular flexibility index (Phi) is 3.20. The molecule has 0 amide bonds. The normalized spacial score (nSPS) is 16.4. The lowest BCUT2D eigenvalue weighted by molar-refractivity contribution is 0.545. The van der Waals surface area contributed by atoms with Crippen LogP contribution in [0.4, 0.5) is 0 Å². The van der Waals surface area contributed by atoms with Gasteiger partial charge < -0.3 is 4.42 Å². The maximum atomic E-state index is 6.29. The van der Waals surface area contributed by atoms with Crippen molar-refractivity contribution < 1.29 is 4.42 Å². The SMILES string of the molecule is c1ccc(-c2cc3c(o2)-n2cccc2C(c2cccs2)CC3)cc1. The van der Waals surface area contributed by atoms with E-state index in [0.29, 0.717) is 5.92 Å². The third kappa shape index (κ3) is 2.16. The minimum absolute atomic E-state index is 0.447. The molecule has 3 heteroatoms. The van der Waals surface area contributed by atoms with Gasteiger partial charge in [-0.3, -0.25) is 4.57 Å². The van der Waals surface area contributed by atoms with Gasteiger partial charge in [0.2, 0.25) is 5.88 Å². The van der Waals surface area contributed by atoms with Crippen LogP contribution >= 0.6 is 11.3 Å². The summed E-state index contributed by atoms with van der Waals surface area (Å²) >= 11 is 1.84. The molecule has 0 spiro atoms. The van der Waals surface area contributed by atoms with Gasteiger partial charge in [-0.25, -0.2) is 0 Å². The molecule has 1 aromatic carbocycles. The van der Waals surface area contributed by atoms with Crippen molar-refractivity contribution >= 4 is 11.3 Å². The van der Waals surface area contributed by atoms with Crippen molar-refractivity contribution in [3.63, 3.8) is 0 Å². The van der Waals surface area contributed by atoms with Crippen molar-refractivity contribution in [2.75, 3.05) is 0 Å². The van der Waals surface area contributed by atoms with Crippen LogP contribution in [0.15, 0.2) is 76.7 Å². The summed E-state index contributed by atoms with van der Waals surface area (Å²) in [6.07, 6.45) is 4.28. The molecule has 1 aliphatic rings. The Morgan fingerprint density at radius 2 is 1.92 bits per heavy atom. The molecule has 1 aliphatic heterocycles. The van der Waals surface area contributed by atoms with Crippen molar-refractivity contribution in [3.8, 4) is 17.2 Å². The highest BCUT2D eigenvalue weighted by Crippen LogP contribution is 2.40. The lowest BCUT2D eigenvalue weighted by Crippen LogP contribution is -2.03. The number of thiophene rings is 1. The molecule has 0 fully saturated rings. The van der Waals surface area contributed by atoms with Gasteiger partial charge in [0.05, 0.1) is 0 Å². The molecule has 0 bridgehead atoms. The van der Waals surface area contributed by atoms with E-state index in [-0.39, 0.29) is 0 Å². The van der Waals surface area contributed by atoms with Gasteiger partial charge >= 0.3 is 0 Å². The van der Waals surface area contributed by atoms with Gasteiger partial charge in [-0.1, -0.05) is 36.4 Å². The second-order valence-electron chi connectivity index (χ2n) is 6.22. The van der Waals surface area contributed by atoms with Crippen LogP contribution in [0.5, 0.6) is 0 Å². The Morgan fingerprint density at radius 3 is 2.75 bits per heavy atom. The Labute approximate surface area is 145 Å². The monoisotopic (exact) mass is 331 g/mol. The van der Waals surface area contributed by atoms with E-state index in [1.807, 2.05) is 17.4 Å². The van der Waals surface area contributed by atoms with Crippen molar-refractivity contribution in [2.24, 2.45) is 0 Å². The Morgan fingerprint density at radius 1 is 1.00 bits per heavy atom. The molecule has 5 rings (SSSR count). The van der Waals surface area contributed by atoms with Crippen molar-refractivity contribution in [3.05, 3.63) is 88.4 Å². The van der Waals surface area contributed by atoms with Gasteiger partial charge in [0.15, 0.2) is 0 Å². The van der Waals surface area contributed by atoms with Crippen LogP contribution in [-0.4, -0.2) is 4.57 Å². The second-order valence-corrected chi connectivity index (χ2v) is 7.20. The number of rotatable bonds is 2. The third-order valence-electron chi connectivity index (χ3n) is 4.79. The summed E-state index contributed by atoms with van der Waals surface area (Å²) in [6, 6.07) is 21.3. The number of benzene rings is 1. The number of aryl methyl sites for hydroxylation is 1. The summed E-state index contributed by atoms with van der Waals surface area (Å²) in [6.45, 7) is 0. The molecule has 0 aliphatic carbocycles. The van der Waals surface area contributed by atoms with Gasteiger partial charge in [0, 0.05) is 33.8 Å². The lowest BCUT2D eigenvalue weighted by atomic mass is 9.97. The topological polar surface area (TPSA) is 18.1 Å². The van der Waals surface area contributed by atoms with Crippen molar-refractivity contribution in [1.29, 1.82) is 0 Å². The van der Waals surface area contributed by atoms with E-state index in [2.05, 4.69) is 70.7 Å². The number of nitrogens with zero attached hydrogens (tertiary/aromatic N) is 1. The van der Waals surface area contributed by atoms with Crippen LogP contribution in [0, 0.1) is 0 Å². The smallest absolute Gasteiger partial charge is 0.207 e. The second kappa shape index (κ2) is 5.53. The summed E-state index contributed by atoms with van der Waals surface area (Å²) < 4.78 is 8.52. The van der Waals surface area contributed by atoms with Crippen LogP contribution in [0.2, 0.25) is 0 Å². The van der Waals surface area contributed by atoms with Crippen molar-refractivity contribution in [1.82, 2.24) is 4.57 Å². The Balaban J connectivity index is 1.63. The van der Waals surface area contributed by atoms with Crippen LogP contribution < -0.4 is 0 Å². The highest BCUT2D eigenvalue weighted by atomic mass is 32.1. The summed E-state index contributed by atoms with van der Waals surface area (Å²) in [5, 5.41) is 2.17. The fourth-order valence-electron chi connectivity index (χ4n) is 3.64. The molecular weight excluding hydrogens is 314 g/mol. The molecule has 4 aromatic rings. The van der Waals surface area contributed by atoms with Crippen LogP contribution in [0.3, 0.4) is 0 Å². The first kappa shape index (κ1) is 13.9. The average molecular weight is 331 g/mol. The quantitative estimate of drug-likeness (QED) is 0.449. The summed E-state index contributed by atoms with van der Waals surface area (Å²) in [4.78, 5) is 1.43. The molecule has 0 saturated heterocycles. The standard InChI is InChI=1S/C21H17NOS/c1-2-6-15(7-3-1)19-14-16-10-11-17(20-9-5-13-24-20)18-8-4-12-22(18)21(16)23-19/h1-9,12-14,17H,10-11H2. The molecule has 4 heterocycles. The summed E-state index contributed by atoms with van der Waals surface area (Å²) in [7, 11) is 0. The Bertz CT molecular complexity index is 963. The molecule has 0 saturated carbocycles. The molecule has 3 aromatic heterocycles. The van der Waals surface area contributed by atoms with E-state index in [0.717, 1.165) is 30.0 Å².